The molecule has 0 fully saturated rings. The molecule has 0 atom stereocenters. The third-order valence-corrected chi connectivity index (χ3v) is 2.63. The lowest BCUT2D eigenvalue weighted by Gasteiger charge is -2.22. The van der Waals surface area contributed by atoms with Crippen LogP contribution in [0.2, 0.25) is 0 Å². The number of ether oxygens (including phenoxy) is 1. The lowest BCUT2D eigenvalue weighted by Crippen LogP contribution is -2.44. The van der Waals surface area contributed by atoms with Crippen molar-refractivity contribution in [1.82, 2.24) is 10.5 Å². The van der Waals surface area contributed by atoms with Gasteiger partial charge in [0.25, 0.3) is 5.91 Å². The van der Waals surface area contributed by atoms with E-state index in [1.54, 1.807) is 13.8 Å². The summed E-state index contributed by atoms with van der Waals surface area (Å²) in [5.41, 5.74) is -0.0985. The van der Waals surface area contributed by atoms with Crippen molar-refractivity contribution < 1.29 is 14.1 Å². The minimum atomic E-state index is -0.820. The van der Waals surface area contributed by atoms with Crippen LogP contribution in [-0.2, 0) is 16.1 Å². The molecule has 0 aliphatic heterocycles. The second-order valence-corrected chi connectivity index (χ2v) is 5.00. The summed E-state index contributed by atoms with van der Waals surface area (Å²) in [6, 6.07) is 1.86. The van der Waals surface area contributed by atoms with E-state index in [0.29, 0.717) is 19.1 Å². The van der Waals surface area contributed by atoms with E-state index in [2.05, 4.69) is 10.5 Å². The number of nitrogens with zero attached hydrogens (tertiary/aromatic N) is 1. The third kappa shape index (κ3) is 3.84. The molecule has 0 spiro atoms. The lowest BCUT2D eigenvalue weighted by molar-refractivity contribution is -0.142. The van der Waals surface area contributed by atoms with Crippen LogP contribution in [0.3, 0.4) is 0 Å². The summed E-state index contributed by atoms with van der Waals surface area (Å²) in [6.07, 6.45) is 0. The van der Waals surface area contributed by atoms with Gasteiger partial charge in [-0.2, -0.15) is 0 Å². The Hall–Kier alpha value is -1.36. The molecule has 0 aromatic carbocycles. The van der Waals surface area contributed by atoms with E-state index in [1.807, 2.05) is 26.8 Å². The topological polar surface area (TPSA) is 64.4 Å². The fourth-order valence-electron chi connectivity index (χ4n) is 1.49. The summed E-state index contributed by atoms with van der Waals surface area (Å²) in [6.45, 7) is 10.3. The second-order valence-electron chi connectivity index (χ2n) is 5.00. The zero-order valence-corrected chi connectivity index (χ0v) is 11.7. The Bertz CT molecular complexity index is 397. The molecule has 0 saturated carbocycles. The Morgan fingerprint density at radius 2 is 2.22 bits per heavy atom. The van der Waals surface area contributed by atoms with E-state index in [4.69, 9.17) is 9.26 Å². The summed E-state index contributed by atoms with van der Waals surface area (Å²) in [7, 11) is 0. The van der Waals surface area contributed by atoms with Crippen LogP contribution < -0.4 is 5.32 Å². The van der Waals surface area contributed by atoms with Gasteiger partial charge in [0.1, 0.15) is 17.1 Å². The Balaban J connectivity index is 2.52. The fraction of sp³-hybridized carbons (Fsp3) is 0.692. The van der Waals surface area contributed by atoms with Gasteiger partial charge in [-0.3, -0.25) is 4.79 Å². The van der Waals surface area contributed by atoms with Gasteiger partial charge in [0.05, 0.1) is 6.54 Å². The van der Waals surface area contributed by atoms with Crippen molar-refractivity contribution >= 4 is 5.91 Å². The average molecular weight is 254 g/mol. The van der Waals surface area contributed by atoms with Crippen LogP contribution in [0, 0.1) is 0 Å². The van der Waals surface area contributed by atoms with Gasteiger partial charge < -0.3 is 14.6 Å². The molecule has 1 N–H and O–H groups in total. The number of hydrogen-bond donors (Lipinski definition) is 1. The van der Waals surface area contributed by atoms with Crippen molar-refractivity contribution in [3.05, 3.63) is 17.5 Å². The SMILES string of the molecule is CCOC(C)(C)C(=O)NCc1cc(C(C)C)on1. The van der Waals surface area contributed by atoms with Gasteiger partial charge in [0, 0.05) is 18.6 Å². The second kappa shape index (κ2) is 6.00. The predicted octanol–water partition coefficient (Wildman–Crippen LogP) is 2.23. The monoisotopic (exact) mass is 254 g/mol. The van der Waals surface area contributed by atoms with Gasteiger partial charge in [-0.05, 0) is 20.8 Å². The van der Waals surface area contributed by atoms with Crippen molar-refractivity contribution in [2.75, 3.05) is 6.61 Å². The van der Waals surface area contributed by atoms with Crippen LogP contribution in [0.4, 0.5) is 0 Å². The molecule has 0 bridgehead atoms. The van der Waals surface area contributed by atoms with Gasteiger partial charge in [-0.25, -0.2) is 0 Å². The molecule has 0 aliphatic carbocycles. The zero-order chi connectivity index (χ0) is 13.8. The molecule has 0 unspecified atom stereocenters. The maximum absolute atomic E-state index is 11.9. The minimum absolute atomic E-state index is 0.154. The van der Waals surface area contributed by atoms with Gasteiger partial charge in [-0.1, -0.05) is 19.0 Å². The number of aromatic nitrogens is 1. The van der Waals surface area contributed by atoms with Crippen molar-refractivity contribution in [2.45, 2.75) is 52.7 Å². The van der Waals surface area contributed by atoms with Crippen LogP contribution in [0.15, 0.2) is 10.6 Å². The summed E-state index contributed by atoms with van der Waals surface area (Å²) >= 11 is 0. The average Bonchev–Trinajstić information content (AvgIpc) is 2.74. The van der Waals surface area contributed by atoms with E-state index in [-0.39, 0.29) is 5.91 Å². The first-order valence-electron chi connectivity index (χ1n) is 6.24. The highest BCUT2D eigenvalue weighted by molar-refractivity contribution is 5.84. The minimum Gasteiger partial charge on any atom is -0.366 e. The zero-order valence-electron chi connectivity index (χ0n) is 11.7. The first-order chi connectivity index (χ1) is 8.36. The summed E-state index contributed by atoms with van der Waals surface area (Å²) in [4.78, 5) is 11.9. The van der Waals surface area contributed by atoms with E-state index in [9.17, 15) is 4.79 Å². The standard InChI is InChI=1S/C13H22N2O3/c1-6-17-13(4,5)12(16)14-8-10-7-11(9(2)3)18-15-10/h7,9H,6,8H2,1-5H3,(H,14,16). The number of carbonyl (C=O) groups excluding carboxylic acids is 1. The molecule has 1 amide bonds. The Kier molecular flexibility index (Phi) is 4.90. The van der Waals surface area contributed by atoms with Crippen molar-refractivity contribution in [3.8, 4) is 0 Å². The molecular formula is C13H22N2O3. The molecule has 1 rings (SSSR count). The number of carbonyl (C=O) groups is 1. The maximum atomic E-state index is 11.9. The van der Waals surface area contributed by atoms with Crippen LogP contribution in [0.1, 0.15) is 52.0 Å². The van der Waals surface area contributed by atoms with Crippen LogP contribution in [0.5, 0.6) is 0 Å². The van der Waals surface area contributed by atoms with Crippen LogP contribution >= 0.6 is 0 Å². The number of hydrogen-bond acceptors (Lipinski definition) is 4. The molecule has 102 valence electrons. The van der Waals surface area contributed by atoms with E-state index in [0.717, 1.165) is 11.5 Å². The first-order valence-corrected chi connectivity index (χ1v) is 6.24. The van der Waals surface area contributed by atoms with Gasteiger partial charge in [-0.15, -0.1) is 0 Å². The van der Waals surface area contributed by atoms with E-state index in [1.165, 1.54) is 0 Å². The molecule has 18 heavy (non-hydrogen) atoms. The van der Waals surface area contributed by atoms with E-state index < -0.39 is 5.60 Å². The predicted molar refractivity (Wildman–Crippen MR) is 68.1 cm³/mol. The molecule has 1 heterocycles. The Morgan fingerprint density at radius 3 is 2.72 bits per heavy atom. The van der Waals surface area contributed by atoms with E-state index >= 15 is 0 Å². The lowest BCUT2D eigenvalue weighted by atomic mass is 10.1. The molecule has 5 nitrogen and oxygen atoms in total. The summed E-state index contributed by atoms with van der Waals surface area (Å²) in [5, 5.41) is 6.70. The van der Waals surface area contributed by atoms with Crippen molar-refractivity contribution in [3.63, 3.8) is 0 Å². The maximum Gasteiger partial charge on any atom is 0.251 e. The van der Waals surface area contributed by atoms with Crippen molar-refractivity contribution in [1.29, 1.82) is 0 Å². The Labute approximate surface area is 108 Å². The first kappa shape index (κ1) is 14.7. The molecule has 1 aromatic rings. The molecule has 1 aromatic heterocycles. The highest BCUT2D eigenvalue weighted by Crippen LogP contribution is 2.15. The molecule has 0 radical (unpaired) electrons. The molecule has 0 aliphatic rings. The third-order valence-electron chi connectivity index (χ3n) is 2.63. The highest BCUT2D eigenvalue weighted by atomic mass is 16.5. The Morgan fingerprint density at radius 1 is 1.56 bits per heavy atom. The smallest absolute Gasteiger partial charge is 0.251 e. The highest BCUT2D eigenvalue weighted by Gasteiger charge is 2.27. The van der Waals surface area contributed by atoms with Crippen LogP contribution in [-0.4, -0.2) is 23.3 Å². The molecule has 5 heteroatoms. The molecule has 0 saturated heterocycles. The van der Waals surface area contributed by atoms with Crippen molar-refractivity contribution in [2.24, 2.45) is 0 Å². The fourth-order valence-corrected chi connectivity index (χ4v) is 1.49. The van der Waals surface area contributed by atoms with Crippen LogP contribution in [0.25, 0.3) is 0 Å². The summed E-state index contributed by atoms with van der Waals surface area (Å²) in [5.74, 6) is 0.962. The summed E-state index contributed by atoms with van der Waals surface area (Å²) < 4.78 is 10.5. The number of amides is 1. The molecular weight excluding hydrogens is 232 g/mol. The van der Waals surface area contributed by atoms with Gasteiger partial charge in [0.2, 0.25) is 0 Å². The largest absolute Gasteiger partial charge is 0.366 e. The normalized spacial score (nSPS) is 11.9. The quantitative estimate of drug-likeness (QED) is 0.845. The van der Waals surface area contributed by atoms with Gasteiger partial charge in [0.15, 0.2) is 0 Å². The number of nitrogens with one attached hydrogen (secondary N) is 1. The van der Waals surface area contributed by atoms with Gasteiger partial charge >= 0.3 is 0 Å². The number of rotatable bonds is 6.